The van der Waals surface area contributed by atoms with Gasteiger partial charge in [0.1, 0.15) is 5.60 Å². The molecule has 3 amide bonds. The standard InChI is InChI=1S/C38H59N5O5/c1-5-6-7-8-9-10-11-12-13-20-27-39-34(44)33(26-21-28-40-35(41-36(45)46)42-37(47)48-38(2,3)4)43(29-31-22-16-14-17-23-31)30-32-24-18-15-19-25-32/h14-19,22-25,33H,5-13,20-21,26-30H2,1-4H3,(H,39,44)(H,45,46)(H2,40,41,42,47)/t33-/m0/s1. The summed E-state index contributed by atoms with van der Waals surface area (Å²) in [6.45, 7) is 9.48. The molecular formula is C38H59N5O5. The van der Waals surface area contributed by atoms with Crippen LogP contribution in [0.2, 0.25) is 0 Å². The first-order valence-corrected chi connectivity index (χ1v) is 17.7. The van der Waals surface area contributed by atoms with Gasteiger partial charge in [0.15, 0.2) is 0 Å². The fraction of sp³-hybridized carbons (Fsp3) is 0.579. The van der Waals surface area contributed by atoms with Crippen molar-refractivity contribution < 1.29 is 24.2 Å². The van der Waals surface area contributed by atoms with Crippen LogP contribution in [-0.2, 0) is 22.6 Å². The Bertz CT molecular complexity index is 1180. The van der Waals surface area contributed by atoms with Crippen LogP contribution in [0.25, 0.3) is 0 Å². The van der Waals surface area contributed by atoms with E-state index in [9.17, 15) is 19.5 Å². The molecule has 4 N–H and O–H groups in total. The van der Waals surface area contributed by atoms with Gasteiger partial charge in [-0.3, -0.25) is 15.0 Å². The molecule has 2 aromatic rings. The fourth-order valence-electron chi connectivity index (χ4n) is 5.44. The lowest BCUT2D eigenvalue weighted by molar-refractivity contribution is -0.127. The summed E-state index contributed by atoms with van der Waals surface area (Å²) in [6.07, 6.45) is 11.1. The van der Waals surface area contributed by atoms with E-state index in [1.54, 1.807) is 20.8 Å². The first-order chi connectivity index (χ1) is 23.1. The van der Waals surface area contributed by atoms with Gasteiger partial charge in [0.2, 0.25) is 11.9 Å². The highest BCUT2D eigenvalue weighted by molar-refractivity contribution is 5.98. The number of carboxylic acid groups (broad SMARTS) is 1. The van der Waals surface area contributed by atoms with Crippen molar-refractivity contribution in [1.29, 1.82) is 0 Å². The predicted molar refractivity (Wildman–Crippen MR) is 193 cm³/mol. The number of hydrogen-bond donors (Lipinski definition) is 4. The Balaban J connectivity index is 2.06. The van der Waals surface area contributed by atoms with E-state index in [2.05, 4.69) is 57.0 Å². The maximum atomic E-state index is 13.8. The minimum atomic E-state index is -1.45. The summed E-state index contributed by atoms with van der Waals surface area (Å²) in [4.78, 5) is 43.1. The average molecular weight is 666 g/mol. The lowest BCUT2D eigenvalue weighted by Crippen LogP contribution is -2.47. The topological polar surface area (TPSA) is 132 Å². The number of amides is 3. The van der Waals surface area contributed by atoms with Crippen molar-refractivity contribution in [3.63, 3.8) is 0 Å². The summed E-state index contributed by atoms with van der Waals surface area (Å²) in [5.41, 5.74) is 1.46. The van der Waals surface area contributed by atoms with E-state index < -0.39 is 23.8 Å². The van der Waals surface area contributed by atoms with Crippen LogP contribution in [0.3, 0.4) is 0 Å². The van der Waals surface area contributed by atoms with Crippen LogP contribution in [0.15, 0.2) is 65.7 Å². The normalized spacial score (nSPS) is 12.4. The Morgan fingerprint density at radius 2 is 1.25 bits per heavy atom. The first-order valence-electron chi connectivity index (χ1n) is 17.7. The molecule has 0 aliphatic carbocycles. The number of benzene rings is 2. The number of nitrogens with one attached hydrogen (secondary N) is 3. The fourth-order valence-corrected chi connectivity index (χ4v) is 5.44. The van der Waals surface area contributed by atoms with E-state index >= 15 is 0 Å². The molecule has 2 rings (SSSR count). The Labute approximate surface area is 288 Å². The number of nitrogens with zero attached hydrogens (tertiary/aromatic N) is 2. The molecule has 0 saturated heterocycles. The number of ether oxygens (including phenoxy) is 1. The van der Waals surface area contributed by atoms with Crippen LogP contribution in [0.1, 0.15) is 116 Å². The molecule has 1 atom stereocenters. The number of hydrogen-bond acceptors (Lipinski definition) is 5. The summed E-state index contributed by atoms with van der Waals surface area (Å²) >= 11 is 0. The second-order valence-corrected chi connectivity index (χ2v) is 13.3. The molecule has 10 heteroatoms. The highest BCUT2D eigenvalue weighted by Crippen LogP contribution is 2.18. The highest BCUT2D eigenvalue weighted by atomic mass is 16.6. The Morgan fingerprint density at radius 3 is 1.75 bits per heavy atom. The number of rotatable bonds is 21. The zero-order valence-corrected chi connectivity index (χ0v) is 29.6. The van der Waals surface area contributed by atoms with Crippen LogP contribution in [0.4, 0.5) is 9.59 Å². The smallest absolute Gasteiger partial charge is 0.434 e. The molecule has 0 aliphatic heterocycles. The molecule has 0 saturated carbocycles. The van der Waals surface area contributed by atoms with Crippen molar-refractivity contribution in [3.8, 4) is 0 Å². The molecule has 0 aromatic heterocycles. The minimum absolute atomic E-state index is 0.0240. The van der Waals surface area contributed by atoms with Crippen LogP contribution in [0, 0.1) is 0 Å². The zero-order chi connectivity index (χ0) is 35.0. The third-order valence-corrected chi connectivity index (χ3v) is 7.80. The molecule has 10 nitrogen and oxygen atoms in total. The molecule has 0 bridgehead atoms. The van der Waals surface area contributed by atoms with Gasteiger partial charge < -0.3 is 20.5 Å². The molecule has 2 aromatic carbocycles. The Morgan fingerprint density at radius 1 is 0.750 bits per heavy atom. The van der Waals surface area contributed by atoms with Crippen LogP contribution < -0.4 is 16.0 Å². The molecule has 266 valence electrons. The maximum Gasteiger partial charge on any atom is 0.434 e. The first kappa shape index (κ1) is 40.3. The van der Waals surface area contributed by atoms with Gasteiger partial charge in [-0.15, -0.1) is 4.99 Å². The van der Waals surface area contributed by atoms with Gasteiger partial charge in [-0.05, 0) is 51.2 Å². The van der Waals surface area contributed by atoms with Gasteiger partial charge in [-0.2, -0.15) is 0 Å². The van der Waals surface area contributed by atoms with Gasteiger partial charge in [0.25, 0.3) is 0 Å². The molecule has 0 aliphatic rings. The Hall–Kier alpha value is -3.92. The number of unbranched alkanes of at least 4 members (excludes halogenated alkanes) is 9. The third kappa shape index (κ3) is 19.0. The van der Waals surface area contributed by atoms with Gasteiger partial charge in [-0.25, -0.2) is 9.59 Å². The third-order valence-electron chi connectivity index (χ3n) is 7.80. The quantitative estimate of drug-likeness (QED) is 0.0603. The van der Waals surface area contributed by atoms with Crippen molar-refractivity contribution in [3.05, 3.63) is 71.8 Å². The number of carbonyl (C=O) groups is 3. The maximum absolute atomic E-state index is 13.8. The largest absolute Gasteiger partial charge is 0.463 e. The minimum Gasteiger partial charge on any atom is -0.463 e. The van der Waals surface area contributed by atoms with Crippen LogP contribution in [-0.4, -0.2) is 58.8 Å². The summed E-state index contributed by atoms with van der Waals surface area (Å²) in [6, 6.07) is 19.8. The average Bonchev–Trinajstić information content (AvgIpc) is 3.03. The number of alkyl carbamates (subject to hydrolysis) is 1. The molecule has 48 heavy (non-hydrogen) atoms. The Kier molecular flexibility index (Phi) is 19.6. The second kappa shape index (κ2) is 23.4. The lowest BCUT2D eigenvalue weighted by atomic mass is 10.0. The summed E-state index contributed by atoms with van der Waals surface area (Å²) in [5.74, 6) is -0.242. The molecular weight excluding hydrogens is 606 g/mol. The van der Waals surface area contributed by atoms with E-state index in [1.807, 2.05) is 36.4 Å². The van der Waals surface area contributed by atoms with Crippen molar-refractivity contribution in [2.45, 2.75) is 129 Å². The summed E-state index contributed by atoms with van der Waals surface area (Å²) < 4.78 is 5.24. The van der Waals surface area contributed by atoms with E-state index in [0.717, 1.165) is 24.0 Å². The lowest BCUT2D eigenvalue weighted by Gasteiger charge is -2.31. The molecule has 0 spiro atoms. The predicted octanol–water partition coefficient (Wildman–Crippen LogP) is 8.02. The van der Waals surface area contributed by atoms with Crippen LogP contribution in [0.5, 0.6) is 0 Å². The highest BCUT2D eigenvalue weighted by Gasteiger charge is 2.26. The number of carbonyl (C=O) groups excluding carboxylic acids is 2. The van der Waals surface area contributed by atoms with E-state index in [1.165, 1.54) is 51.4 Å². The van der Waals surface area contributed by atoms with Gasteiger partial charge in [-0.1, -0.05) is 125 Å². The van der Waals surface area contributed by atoms with Gasteiger partial charge >= 0.3 is 12.2 Å². The SMILES string of the molecule is CCCCCCCCCCCCNC(=O)[C@H](CCCN/C(=N\C(=O)O)NC(=O)OC(C)(C)C)N(Cc1ccccc1)Cc1ccccc1. The van der Waals surface area contributed by atoms with Crippen molar-refractivity contribution in [2.75, 3.05) is 13.1 Å². The van der Waals surface area contributed by atoms with Crippen LogP contribution >= 0.6 is 0 Å². The van der Waals surface area contributed by atoms with E-state index in [-0.39, 0.29) is 18.4 Å². The number of guanidine groups is 1. The van der Waals surface area contributed by atoms with E-state index in [4.69, 9.17) is 4.74 Å². The second-order valence-electron chi connectivity index (χ2n) is 13.3. The molecule has 0 radical (unpaired) electrons. The monoisotopic (exact) mass is 665 g/mol. The van der Waals surface area contributed by atoms with Crippen molar-refractivity contribution in [2.24, 2.45) is 4.99 Å². The van der Waals surface area contributed by atoms with Gasteiger partial charge in [0, 0.05) is 26.2 Å². The summed E-state index contributed by atoms with van der Waals surface area (Å²) in [5, 5.41) is 17.7. The zero-order valence-electron chi connectivity index (χ0n) is 29.6. The summed E-state index contributed by atoms with van der Waals surface area (Å²) in [7, 11) is 0. The van der Waals surface area contributed by atoms with Crippen molar-refractivity contribution >= 4 is 24.1 Å². The van der Waals surface area contributed by atoms with Crippen molar-refractivity contribution in [1.82, 2.24) is 20.9 Å². The molecule has 0 unspecified atom stereocenters. The molecule has 0 fully saturated rings. The van der Waals surface area contributed by atoms with Gasteiger partial charge in [0.05, 0.1) is 6.04 Å². The number of aliphatic imine (C=N–C) groups is 1. The molecule has 0 heterocycles. The van der Waals surface area contributed by atoms with E-state index in [0.29, 0.717) is 32.5 Å².